The highest BCUT2D eigenvalue weighted by atomic mass is 35.5. The summed E-state index contributed by atoms with van der Waals surface area (Å²) in [7, 11) is 0. The van der Waals surface area contributed by atoms with E-state index in [1.54, 1.807) is 24.3 Å². The van der Waals surface area contributed by atoms with Crippen molar-refractivity contribution >= 4 is 28.3 Å². The molecular formula is C12H8ClF2NO2. The second kappa shape index (κ2) is 4.49. The molecule has 2 rings (SSSR count). The maximum Gasteiger partial charge on any atom is 0.374 e. The monoisotopic (exact) mass is 271 g/mol. The molecule has 0 bridgehead atoms. The number of benzene rings is 1. The average molecular weight is 272 g/mol. The summed E-state index contributed by atoms with van der Waals surface area (Å²) in [5, 5.41) is 9.75. The van der Waals surface area contributed by atoms with Crippen LogP contribution in [0.4, 0.5) is 8.78 Å². The number of carbonyl (C=O) groups is 1. The predicted molar refractivity (Wildman–Crippen MR) is 63.0 cm³/mol. The fourth-order valence-corrected chi connectivity index (χ4v) is 1.88. The van der Waals surface area contributed by atoms with Gasteiger partial charge in [0.25, 0.3) is 0 Å². The molecule has 2 aromatic rings. The molecule has 0 amide bonds. The molecule has 0 saturated heterocycles. The van der Waals surface area contributed by atoms with Crippen LogP contribution in [-0.4, -0.2) is 22.0 Å². The Labute approximate surface area is 106 Å². The van der Waals surface area contributed by atoms with E-state index in [1.807, 2.05) is 0 Å². The molecule has 1 aromatic heterocycles. The summed E-state index contributed by atoms with van der Waals surface area (Å²) in [6.07, 6.45) is -0.979. The van der Waals surface area contributed by atoms with Gasteiger partial charge in [-0.15, -0.1) is 0 Å². The molecule has 0 atom stereocenters. The molecule has 0 aliphatic carbocycles. The van der Waals surface area contributed by atoms with E-state index < -0.39 is 18.3 Å². The Balaban J connectivity index is 2.44. The van der Waals surface area contributed by atoms with E-state index in [1.165, 1.54) is 6.07 Å². The Bertz CT molecular complexity index is 616. The van der Waals surface area contributed by atoms with Crippen LogP contribution in [0.5, 0.6) is 0 Å². The van der Waals surface area contributed by atoms with Crippen molar-refractivity contribution in [2.45, 2.75) is 12.3 Å². The van der Waals surface area contributed by atoms with E-state index >= 15 is 0 Å². The van der Waals surface area contributed by atoms with Crippen molar-refractivity contribution in [3.8, 4) is 0 Å². The third-order valence-electron chi connectivity index (χ3n) is 2.46. The molecule has 0 aliphatic heterocycles. The third kappa shape index (κ3) is 2.41. The van der Waals surface area contributed by atoms with Gasteiger partial charge < -0.3 is 5.11 Å². The summed E-state index contributed by atoms with van der Waals surface area (Å²) >= 11 is 5.87. The highest BCUT2D eigenvalue weighted by Gasteiger charge is 2.39. The average Bonchev–Trinajstić information content (AvgIpc) is 2.28. The maximum absolute atomic E-state index is 13.1. The summed E-state index contributed by atoms with van der Waals surface area (Å²) in [5.41, 5.74) is -0.0499. The van der Waals surface area contributed by atoms with E-state index in [0.29, 0.717) is 10.8 Å². The lowest BCUT2D eigenvalue weighted by molar-refractivity contribution is -0.164. The standard InChI is InChI=1S/C12H8ClF2NO2/c13-10-9-4-2-1-3-7(9)5-8(16-10)6-12(14,15)11(17)18/h1-5H,6H2,(H,17,18). The smallest absolute Gasteiger partial charge is 0.374 e. The van der Waals surface area contributed by atoms with E-state index in [-0.39, 0.29) is 10.8 Å². The first kappa shape index (κ1) is 12.7. The number of fused-ring (bicyclic) bond motifs is 1. The summed E-state index contributed by atoms with van der Waals surface area (Å²) in [6.45, 7) is 0. The van der Waals surface area contributed by atoms with Crippen molar-refractivity contribution in [2.24, 2.45) is 0 Å². The molecule has 1 heterocycles. The van der Waals surface area contributed by atoms with Crippen molar-refractivity contribution < 1.29 is 18.7 Å². The minimum absolute atomic E-state index is 0.0499. The van der Waals surface area contributed by atoms with Crippen LogP contribution in [-0.2, 0) is 11.2 Å². The second-order valence-electron chi connectivity index (χ2n) is 3.81. The van der Waals surface area contributed by atoms with Crippen LogP contribution < -0.4 is 0 Å². The Morgan fingerprint density at radius 2 is 2.06 bits per heavy atom. The van der Waals surface area contributed by atoms with E-state index in [0.717, 1.165) is 0 Å². The molecule has 94 valence electrons. The van der Waals surface area contributed by atoms with Crippen molar-refractivity contribution in [3.05, 3.63) is 41.2 Å². The van der Waals surface area contributed by atoms with Gasteiger partial charge >= 0.3 is 11.9 Å². The number of hydrogen-bond donors (Lipinski definition) is 1. The molecule has 0 fully saturated rings. The van der Waals surface area contributed by atoms with Crippen LogP contribution in [0.25, 0.3) is 10.8 Å². The van der Waals surface area contributed by atoms with Crippen molar-refractivity contribution in [3.63, 3.8) is 0 Å². The van der Waals surface area contributed by atoms with Gasteiger partial charge in [0.1, 0.15) is 5.15 Å². The molecule has 0 spiro atoms. The van der Waals surface area contributed by atoms with Crippen LogP contribution in [0.1, 0.15) is 5.69 Å². The number of aromatic nitrogens is 1. The van der Waals surface area contributed by atoms with Gasteiger partial charge in [0.2, 0.25) is 0 Å². The fourth-order valence-electron chi connectivity index (χ4n) is 1.60. The molecule has 0 saturated carbocycles. The van der Waals surface area contributed by atoms with Crippen molar-refractivity contribution in [1.82, 2.24) is 4.98 Å². The Kier molecular flexibility index (Phi) is 3.17. The largest absolute Gasteiger partial charge is 0.477 e. The minimum atomic E-state index is -3.85. The minimum Gasteiger partial charge on any atom is -0.477 e. The molecule has 0 aliphatic rings. The summed E-state index contributed by atoms with van der Waals surface area (Å²) in [4.78, 5) is 14.2. The van der Waals surface area contributed by atoms with Crippen LogP contribution in [0, 0.1) is 0 Å². The topological polar surface area (TPSA) is 50.2 Å². The first-order valence-electron chi connectivity index (χ1n) is 5.05. The van der Waals surface area contributed by atoms with Gasteiger partial charge in [-0.3, -0.25) is 0 Å². The summed E-state index contributed by atoms with van der Waals surface area (Å²) in [5.74, 6) is -6.02. The first-order chi connectivity index (χ1) is 8.40. The molecule has 6 heteroatoms. The van der Waals surface area contributed by atoms with Gasteiger partial charge in [-0.25, -0.2) is 9.78 Å². The SMILES string of the molecule is O=C(O)C(F)(F)Cc1cc2ccccc2c(Cl)n1. The zero-order chi connectivity index (χ0) is 13.3. The lowest BCUT2D eigenvalue weighted by atomic mass is 10.1. The van der Waals surface area contributed by atoms with Crippen LogP contribution >= 0.6 is 11.6 Å². The quantitative estimate of drug-likeness (QED) is 0.873. The number of rotatable bonds is 3. The highest BCUT2D eigenvalue weighted by Crippen LogP contribution is 2.26. The van der Waals surface area contributed by atoms with Crippen LogP contribution in [0.2, 0.25) is 5.15 Å². The number of alkyl halides is 2. The van der Waals surface area contributed by atoms with E-state index in [9.17, 15) is 13.6 Å². The molecular weight excluding hydrogens is 264 g/mol. The number of halogens is 3. The van der Waals surface area contributed by atoms with Gasteiger partial charge in [-0.1, -0.05) is 35.9 Å². The first-order valence-corrected chi connectivity index (χ1v) is 5.43. The lowest BCUT2D eigenvalue weighted by Gasteiger charge is -2.11. The highest BCUT2D eigenvalue weighted by molar-refractivity contribution is 6.34. The number of hydrogen-bond acceptors (Lipinski definition) is 2. The van der Waals surface area contributed by atoms with Crippen molar-refractivity contribution in [1.29, 1.82) is 0 Å². The molecule has 3 nitrogen and oxygen atoms in total. The van der Waals surface area contributed by atoms with E-state index in [4.69, 9.17) is 16.7 Å². The molecule has 1 aromatic carbocycles. The normalized spacial score (nSPS) is 11.7. The van der Waals surface area contributed by atoms with Gasteiger partial charge in [0, 0.05) is 11.1 Å². The number of nitrogens with zero attached hydrogens (tertiary/aromatic N) is 1. The molecule has 18 heavy (non-hydrogen) atoms. The molecule has 0 radical (unpaired) electrons. The van der Waals surface area contributed by atoms with Gasteiger partial charge in [0.05, 0.1) is 6.42 Å². The molecule has 1 N–H and O–H groups in total. The zero-order valence-corrected chi connectivity index (χ0v) is 9.79. The van der Waals surface area contributed by atoms with Crippen molar-refractivity contribution in [2.75, 3.05) is 0 Å². The Morgan fingerprint density at radius 3 is 2.72 bits per heavy atom. The molecule has 0 unspecified atom stereocenters. The van der Waals surface area contributed by atoms with Gasteiger partial charge in [0.15, 0.2) is 0 Å². The Hall–Kier alpha value is -1.75. The van der Waals surface area contributed by atoms with Gasteiger partial charge in [-0.05, 0) is 11.5 Å². The number of carboxylic acid groups (broad SMARTS) is 1. The lowest BCUT2D eigenvalue weighted by Crippen LogP contribution is -2.31. The van der Waals surface area contributed by atoms with E-state index in [2.05, 4.69) is 4.98 Å². The number of aliphatic carboxylic acids is 1. The maximum atomic E-state index is 13.1. The summed E-state index contributed by atoms with van der Waals surface area (Å²) < 4.78 is 26.2. The zero-order valence-electron chi connectivity index (χ0n) is 9.03. The third-order valence-corrected chi connectivity index (χ3v) is 2.75. The predicted octanol–water partition coefficient (Wildman–Crippen LogP) is 3.15. The fraction of sp³-hybridized carbons (Fsp3) is 0.167. The van der Waals surface area contributed by atoms with Crippen LogP contribution in [0.3, 0.4) is 0 Å². The second-order valence-corrected chi connectivity index (χ2v) is 4.17. The number of pyridine rings is 1. The summed E-state index contributed by atoms with van der Waals surface area (Å²) in [6, 6.07) is 8.31. The van der Waals surface area contributed by atoms with Gasteiger partial charge in [-0.2, -0.15) is 8.78 Å². The Morgan fingerprint density at radius 1 is 1.39 bits per heavy atom. The number of carboxylic acids is 1. The van der Waals surface area contributed by atoms with Crippen LogP contribution in [0.15, 0.2) is 30.3 Å².